The predicted molar refractivity (Wildman–Crippen MR) is 66.2 cm³/mol. The highest BCUT2D eigenvalue weighted by molar-refractivity contribution is 5.71. The molecule has 0 radical (unpaired) electrons. The number of aryl methyl sites for hydroxylation is 2. The molecule has 0 spiro atoms. The molecule has 0 aliphatic carbocycles. The third kappa shape index (κ3) is 1.93. The van der Waals surface area contributed by atoms with E-state index in [0.29, 0.717) is 11.3 Å². The maximum absolute atomic E-state index is 12.1. The summed E-state index contributed by atoms with van der Waals surface area (Å²) in [6, 6.07) is 7.72. The Hall–Kier alpha value is -2.10. The molecule has 88 valence electrons. The highest BCUT2D eigenvalue weighted by Gasteiger charge is 2.14. The molecule has 2 aromatic rings. The monoisotopic (exact) mass is 230 g/mol. The molecule has 4 heteroatoms. The third-order valence-corrected chi connectivity index (χ3v) is 2.74. The maximum atomic E-state index is 12.1. The lowest BCUT2D eigenvalue weighted by Crippen LogP contribution is -2.21. The van der Waals surface area contributed by atoms with Gasteiger partial charge >= 0.3 is 0 Å². The van der Waals surface area contributed by atoms with Crippen molar-refractivity contribution in [2.45, 2.75) is 6.92 Å². The van der Waals surface area contributed by atoms with Crippen LogP contribution in [0.15, 0.2) is 35.3 Å². The molecule has 0 saturated carbocycles. The van der Waals surface area contributed by atoms with Gasteiger partial charge in [-0.3, -0.25) is 4.79 Å². The van der Waals surface area contributed by atoms with Crippen molar-refractivity contribution in [1.82, 2.24) is 9.78 Å². The molecule has 0 fully saturated rings. The number of benzene rings is 1. The molecular weight excluding hydrogens is 216 g/mol. The van der Waals surface area contributed by atoms with Crippen molar-refractivity contribution in [3.05, 3.63) is 46.4 Å². The van der Waals surface area contributed by atoms with Crippen LogP contribution in [-0.2, 0) is 7.05 Å². The Balaban J connectivity index is 2.79. The van der Waals surface area contributed by atoms with E-state index in [4.69, 9.17) is 4.74 Å². The summed E-state index contributed by atoms with van der Waals surface area (Å²) >= 11 is 0. The largest absolute Gasteiger partial charge is 0.494 e. The summed E-state index contributed by atoms with van der Waals surface area (Å²) in [5.41, 5.74) is 2.32. The zero-order valence-corrected chi connectivity index (χ0v) is 10.1. The molecule has 17 heavy (non-hydrogen) atoms. The first-order valence-corrected chi connectivity index (χ1v) is 5.31. The summed E-state index contributed by atoms with van der Waals surface area (Å²) in [6.45, 7) is 1.97. The molecule has 0 bridgehead atoms. The van der Waals surface area contributed by atoms with Crippen LogP contribution in [0.1, 0.15) is 5.56 Å². The van der Waals surface area contributed by atoms with Crippen molar-refractivity contribution < 1.29 is 4.74 Å². The highest BCUT2D eigenvalue weighted by Crippen LogP contribution is 2.27. The summed E-state index contributed by atoms with van der Waals surface area (Å²) < 4.78 is 6.52. The predicted octanol–water partition coefficient (Wildman–Crippen LogP) is 1.76. The quantitative estimate of drug-likeness (QED) is 0.789. The Labute approximate surface area is 99.5 Å². The molecule has 0 unspecified atom stereocenters. The van der Waals surface area contributed by atoms with Gasteiger partial charge in [-0.25, -0.2) is 4.68 Å². The Morgan fingerprint density at radius 3 is 2.65 bits per heavy atom. The number of rotatable bonds is 2. The number of hydrogen-bond acceptors (Lipinski definition) is 3. The van der Waals surface area contributed by atoms with E-state index < -0.39 is 0 Å². The molecule has 2 rings (SSSR count). The molecule has 0 amide bonds. The molecule has 4 nitrogen and oxygen atoms in total. The fourth-order valence-electron chi connectivity index (χ4n) is 1.78. The van der Waals surface area contributed by atoms with Gasteiger partial charge in [-0.1, -0.05) is 24.3 Å². The first-order valence-electron chi connectivity index (χ1n) is 5.31. The second-order valence-corrected chi connectivity index (χ2v) is 3.83. The van der Waals surface area contributed by atoms with Crippen LogP contribution < -0.4 is 10.3 Å². The van der Waals surface area contributed by atoms with Gasteiger partial charge in [0.25, 0.3) is 5.56 Å². The fraction of sp³-hybridized carbons (Fsp3) is 0.231. The van der Waals surface area contributed by atoms with Gasteiger partial charge in [0.15, 0.2) is 5.75 Å². The van der Waals surface area contributed by atoms with Gasteiger partial charge < -0.3 is 4.74 Å². The molecule has 0 aliphatic heterocycles. The van der Waals surface area contributed by atoms with Crippen LogP contribution in [0.3, 0.4) is 0 Å². The van der Waals surface area contributed by atoms with Crippen LogP contribution >= 0.6 is 0 Å². The molecule has 0 saturated heterocycles. The molecule has 0 N–H and O–H groups in total. The van der Waals surface area contributed by atoms with Crippen LogP contribution in [0.25, 0.3) is 11.1 Å². The lowest BCUT2D eigenvalue weighted by molar-refractivity contribution is 0.410. The maximum Gasteiger partial charge on any atom is 0.278 e. The Morgan fingerprint density at radius 2 is 2.00 bits per heavy atom. The minimum Gasteiger partial charge on any atom is -0.494 e. The fourth-order valence-corrected chi connectivity index (χ4v) is 1.78. The van der Waals surface area contributed by atoms with Crippen LogP contribution in [0.4, 0.5) is 0 Å². The third-order valence-electron chi connectivity index (χ3n) is 2.74. The van der Waals surface area contributed by atoms with E-state index in [1.807, 2.05) is 31.2 Å². The van der Waals surface area contributed by atoms with E-state index in [0.717, 1.165) is 11.1 Å². The Kier molecular flexibility index (Phi) is 2.95. The first kappa shape index (κ1) is 11.4. The van der Waals surface area contributed by atoms with Crippen molar-refractivity contribution in [2.75, 3.05) is 7.11 Å². The molecule has 0 aliphatic rings. The minimum absolute atomic E-state index is 0.154. The molecule has 1 heterocycles. The van der Waals surface area contributed by atoms with E-state index in [9.17, 15) is 4.79 Å². The Morgan fingerprint density at radius 1 is 1.29 bits per heavy atom. The van der Waals surface area contributed by atoms with E-state index in [1.165, 1.54) is 11.8 Å². The van der Waals surface area contributed by atoms with Crippen LogP contribution in [-0.4, -0.2) is 16.9 Å². The van der Waals surface area contributed by atoms with Gasteiger partial charge in [0.1, 0.15) is 0 Å². The second-order valence-electron chi connectivity index (χ2n) is 3.83. The van der Waals surface area contributed by atoms with E-state index in [-0.39, 0.29) is 5.56 Å². The number of aromatic nitrogens is 2. The van der Waals surface area contributed by atoms with Crippen LogP contribution in [0.5, 0.6) is 5.75 Å². The van der Waals surface area contributed by atoms with Gasteiger partial charge in [-0.15, -0.1) is 0 Å². The molecule has 1 aromatic heterocycles. The summed E-state index contributed by atoms with van der Waals surface area (Å²) in [5, 5.41) is 3.94. The zero-order chi connectivity index (χ0) is 12.4. The van der Waals surface area contributed by atoms with Crippen molar-refractivity contribution in [3.8, 4) is 16.9 Å². The summed E-state index contributed by atoms with van der Waals surface area (Å²) in [5.74, 6) is 0.502. The summed E-state index contributed by atoms with van der Waals surface area (Å²) in [4.78, 5) is 12.1. The average Bonchev–Trinajstić information content (AvgIpc) is 2.34. The van der Waals surface area contributed by atoms with Crippen molar-refractivity contribution in [1.29, 1.82) is 0 Å². The zero-order valence-electron chi connectivity index (χ0n) is 10.1. The molecule has 0 atom stereocenters. The van der Waals surface area contributed by atoms with Crippen LogP contribution in [0, 0.1) is 6.92 Å². The SMILES string of the molecule is COc1cnn(C)c(=O)c1-c1ccccc1C. The van der Waals surface area contributed by atoms with Crippen LogP contribution in [0.2, 0.25) is 0 Å². The van der Waals surface area contributed by atoms with Gasteiger partial charge in [0.05, 0.1) is 18.9 Å². The highest BCUT2D eigenvalue weighted by atomic mass is 16.5. The van der Waals surface area contributed by atoms with Gasteiger partial charge in [-0.05, 0) is 18.1 Å². The van der Waals surface area contributed by atoms with Gasteiger partial charge in [0, 0.05) is 7.05 Å². The van der Waals surface area contributed by atoms with Gasteiger partial charge in [0.2, 0.25) is 0 Å². The standard InChI is InChI=1S/C13H14N2O2/c1-9-6-4-5-7-10(9)12-11(17-3)8-14-15(2)13(12)16/h4-8H,1-3H3. The van der Waals surface area contributed by atoms with E-state index >= 15 is 0 Å². The van der Waals surface area contributed by atoms with Crippen molar-refractivity contribution in [2.24, 2.45) is 7.05 Å². The molecular formula is C13H14N2O2. The Bertz CT molecular complexity index is 603. The van der Waals surface area contributed by atoms with Crippen molar-refractivity contribution in [3.63, 3.8) is 0 Å². The van der Waals surface area contributed by atoms with E-state index in [2.05, 4.69) is 5.10 Å². The van der Waals surface area contributed by atoms with E-state index in [1.54, 1.807) is 13.2 Å². The molecule has 1 aromatic carbocycles. The second kappa shape index (κ2) is 4.41. The lowest BCUT2D eigenvalue weighted by atomic mass is 10.0. The average molecular weight is 230 g/mol. The smallest absolute Gasteiger partial charge is 0.278 e. The topological polar surface area (TPSA) is 44.1 Å². The first-order chi connectivity index (χ1) is 8.15. The summed E-state index contributed by atoms with van der Waals surface area (Å²) in [7, 11) is 3.17. The van der Waals surface area contributed by atoms with Crippen molar-refractivity contribution >= 4 is 0 Å². The summed E-state index contributed by atoms with van der Waals surface area (Å²) in [6.07, 6.45) is 1.56. The number of hydrogen-bond donors (Lipinski definition) is 0. The normalized spacial score (nSPS) is 10.3. The number of ether oxygens (including phenoxy) is 1. The van der Waals surface area contributed by atoms with Gasteiger partial charge in [-0.2, -0.15) is 5.10 Å². The number of methoxy groups -OCH3 is 1. The minimum atomic E-state index is -0.154. The number of nitrogens with zero attached hydrogens (tertiary/aromatic N) is 2. The lowest BCUT2D eigenvalue weighted by Gasteiger charge is -2.10.